The summed E-state index contributed by atoms with van der Waals surface area (Å²) in [6.07, 6.45) is 1.46. The van der Waals surface area contributed by atoms with Gasteiger partial charge in [-0.25, -0.2) is 24.5 Å². The maximum atomic E-state index is 12.3. The van der Waals surface area contributed by atoms with Crippen LogP contribution in [0.5, 0.6) is 0 Å². The number of nitrogens with one attached hydrogen (secondary N) is 1. The van der Waals surface area contributed by atoms with Crippen LogP contribution in [-0.4, -0.2) is 65.4 Å². The zero-order valence-corrected chi connectivity index (χ0v) is 14.9. The van der Waals surface area contributed by atoms with Gasteiger partial charge in [0.1, 0.15) is 0 Å². The summed E-state index contributed by atoms with van der Waals surface area (Å²) in [5, 5.41) is 0. The fourth-order valence-corrected chi connectivity index (χ4v) is 2.01. The molecule has 0 bridgehead atoms. The molecule has 0 aliphatic carbocycles. The van der Waals surface area contributed by atoms with Crippen LogP contribution in [0.15, 0.2) is 15.9 Å². The first kappa shape index (κ1) is 19.0. The quantitative estimate of drug-likeness (QED) is 0.457. The van der Waals surface area contributed by atoms with Gasteiger partial charge in [0, 0.05) is 14.1 Å². The van der Waals surface area contributed by atoms with Crippen LogP contribution < -0.4 is 5.56 Å². The maximum Gasteiger partial charge on any atom is 0.357 e. The Labute approximate surface area is 148 Å². The van der Waals surface area contributed by atoms with E-state index >= 15 is 0 Å². The lowest BCUT2D eigenvalue weighted by Gasteiger charge is -2.09. The lowest BCUT2D eigenvalue weighted by atomic mass is 10.1. The highest BCUT2D eigenvalue weighted by molar-refractivity contribution is 6.04. The Balaban J connectivity index is 2.68. The molecule has 0 atom stereocenters. The Morgan fingerprint density at radius 3 is 2.46 bits per heavy atom. The molecule has 26 heavy (non-hydrogen) atoms. The van der Waals surface area contributed by atoms with E-state index in [1.165, 1.54) is 12.4 Å². The molecule has 0 radical (unpaired) electrons. The number of carbonyl (C=O) groups excluding carboxylic acids is 2. The highest BCUT2D eigenvalue weighted by Gasteiger charge is 2.23. The standard InChI is InChI=1S/C16H19N5O5/c1-5-25-14(23)9-7-10-12(19-11(9)15(24)26-6-2)13(22)20-16(18-10)17-8-21(3)4/h7-8H,5-6H2,1-4H3,(H,18,20,22)/b17-8-. The van der Waals surface area contributed by atoms with E-state index in [1.807, 2.05) is 0 Å². The molecule has 138 valence electrons. The Bertz CT molecular complexity index is 919. The zero-order valence-electron chi connectivity index (χ0n) is 14.9. The summed E-state index contributed by atoms with van der Waals surface area (Å²) in [5.74, 6) is -1.55. The van der Waals surface area contributed by atoms with Gasteiger partial charge in [-0.1, -0.05) is 0 Å². The van der Waals surface area contributed by atoms with Crippen molar-refractivity contribution in [3.8, 4) is 0 Å². The molecule has 2 rings (SSSR count). The number of rotatable bonds is 6. The molecule has 0 aliphatic heterocycles. The largest absolute Gasteiger partial charge is 0.462 e. The van der Waals surface area contributed by atoms with E-state index < -0.39 is 17.5 Å². The first-order valence-corrected chi connectivity index (χ1v) is 7.87. The van der Waals surface area contributed by atoms with Gasteiger partial charge in [-0.2, -0.15) is 0 Å². The molecule has 2 heterocycles. The summed E-state index contributed by atoms with van der Waals surface area (Å²) in [7, 11) is 3.52. The predicted octanol–water partition coefficient (Wildman–Crippen LogP) is 0.893. The van der Waals surface area contributed by atoms with Crippen molar-refractivity contribution in [2.45, 2.75) is 13.8 Å². The van der Waals surface area contributed by atoms with Crippen molar-refractivity contribution in [1.82, 2.24) is 19.9 Å². The van der Waals surface area contributed by atoms with E-state index in [0.29, 0.717) is 0 Å². The molecule has 0 saturated carbocycles. The van der Waals surface area contributed by atoms with Crippen LogP contribution in [0.4, 0.5) is 5.95 Å². The van der Waals surface area contributed by atoms with Crippen molar-refractivity contribution in [3.05, 3.63) is 27.7 Å². The Morgan fingerprint density at radius 2 is 1.85 bits per heavy atom. The van der Waals surface area contributed by atoms with Crippen molar-refractivity contribution in [2.75, 3.05) is 27.3 Å². The molecule has 10 heteroatoms. The fraction of sp³-hybridized carbons (Fsp3) is 0.375. The number of pyridine rings is 1. The summed E-state index contributed by atoms with van der Waals surface area (Å²) in [6.45, 7) is 3.45. The van der Waals surface area contributed by atoms with Crippen molar-refractivity contribution in [2.24, 2.45) is 4.99 Å². The van der Waals surface area contributed by atoms with Gasteiger partial charge in [0.05, 0.1) is 30.6 Å². The number of ether oxygens (including phenoxy) is 2. The summed E-state index contributed by atoms with van der Waals surface area (Å²) in [5.41, 5.74) is -1.02. The number of carbonyl (C=O) groups is 2. The van der Waals surface area contributed by atoms with Crippen LogP contribution in [0.25, 0.3) is 11.0 Å². The average molecular weight is 361 g/mol. The van der Waals surface area contributed by atoms with Crippen molar-refractivity contribution in [1.29, 1.82) is 0 Å². The van der Waals surface area contributed by atoms with Crippen molar-refractivity contribution in [3.63, 3.8) is 0 Å². The lowest BCUT2D eigenvalue weighted by Crippen LogP contribution is -2.19. The molecule has 0 fully saturated rings. The van der Waals surface area contributed by atoms with E-state index in [0.717, 1.165) is 0 Å². The van der Waals surface area contributed by atoms with E-state index in [9.17, 15) is 14.4 Å². The van der Waals surface area contributed by atoms with Gasteiger partial charge in [0.2, 0.25) is 5.95 Å². The van der Waals surface area contributed by atoms with Crippen LogP contribution in [-0.2, 0) is 9.47 Å². The topological polar surface area (TPSA) is 127 Å². The van der Waals surface area contributed by atoms with Gasteiger partial charge in [-0.05, 0) is 19.9 Å². The summed E-state index contributed by atoms with van der Waals surface area (Å²) < 4.78 is 9.85. The molecular formula is C16H19N5O5. The van der Waals surface area contributed by atoms with E-state index in [2.05, 4.69) is 19.9 Å². The first-order valence-electron chi connectivity index (χ1n) is 7.87. The number of hydrogen-bond donors (Lipinski definition) is 1. The number of esters is 2. The second-order valence-corrected chi connectivity index (χ2v) is 5.29. The van der Waals surface area contributed by atoms with E-state index in [1.54, 1.807) is 32.8 Å². The fourth-order valence-electron chi connectivity index (χ4n) is 2.01. The number of aliphatic imine (C=N–C) groups is 1. The average Bonchev–Trinajstić information content (AvgIpc) is 2.59. The molecule has 2 aromatic heterocycles. The van der Waals surface area contributed by atoms with Gasteiger partial charge < -0.3 is 14.4 Å². The van der Waals surface area contributed by atoms with Crippen molar-refractivity contribution >= 4 is 35.3 Å². The highest BCUT2D eigenvalue weighted by Crippen LogP contribution is 2.17. The minimum atomic E-state index is -0.827. The number of H-pyrrole nitrogens is 1. The highest BCUT2D eigenvalue weighted by atomic mass is 16.5. The second-order valence-electron chi connectivity index (χ2n) is 5.29. The minimum absolute atomic E-state index is 0.0386. The maximum absolute atomic E-state index is 12.3. The minimum Gasteiger partial charge on any atom is -0.462 e. The van der Waals surface area contributed by atoms with Crippen LogP contribution >= 0.6 is 0 Å². The Hall–Kier alpha value is -3.30. The Morgan fingerprint density at radius 1 is 1.19 bits per heavy atom. The van der Waals surface area contributed by atoms with Gasteiger partial charge in [-0.3, -0.25) is 9.78 Å². The Kier molecular flexibility index (Phi) is 5.99. The molecular weight excluding hydrogens is 342 g/mol. The molecule has 0 aromatic carbocycles. The molecule has 0 aliphatic rings. The third kappa shape index (κ3) is 4.21. The number of aromatic nitrogens is 3. The number of nitrogens with zero attached hydrogens (tertiary/aromatic N) is 4. The molecule has 2 aromatic rings. The molecule has 0 spiro atoms. The van der Waals surface area contributed by atoms with Gasteiger partial charge >= 0.3 is 11.9 Å². The van der Waals surface area contributed by atoms with Crippen molar-refractivity contribution < 1.29 is 19.1 Å². The number of hydrogen-bond acceptors (Lipinski definition) is 8. The summed E-state index contributed by atoms with van der Waals surface area (Å²) in [4.78, 5) is 52.8. The predicted molar refractivity (Wildman–Crippen MR) is 93.9 cm³/mol. The van der Waals surface area contributed by atoms with Crippen LogP contribution in [0.2, 0.25) is 0 Å². The summed E-state index contributed by atoms with van der Waals surface area (Å²) in [6, 6.07) is 1.27. The van der Waals surface area contributed by atoms with Crippen LogP contribution in [0, 0.1) is 0 Å². The van der Waals surface area contributed by atoms with Gasteiger partial charge in [0.15, 0.2) is 11.2 Å². The molecule has 0 unspecified atom stereocenters. The third-order valence-electron chi connectivity index (χ3n) is 3.04. The van der Waals surface area contributed by atoms with Gasteiger partial charge in [0.25, 0.3) is 5.56 Å². The summed E-state index contributed by atoms with van der Waals surface area (Å²) >= 11 is 0. The molecule has 0 amide bonds. The normalized spacial score (nSPS) is 10.9. The zero-order chi connectivity index (χ0) is 19.3. The van der Waals surface area contributed by atoms with E-state index in [-0.39, 0.29) is 41.5 Å². The molecule has 1 N–H and O–H groups in total. The monoisotopic (exact) mass is 361 g/mol. The second kappa shape index (κ2) is 8.19. The number of fused-ring (bicyclic) bond motifs is 1. The molecule has 10 nitrogen and oxygen atoms in total. The van der Waals surface area contributed by atoms with Crippen LogP contribution in [0.1, 0.15) is 34.7 Å². The van der Waals surface area contributed by atoms with Crippen LogP contribution in [0.3, 0.4) is 0 Å². The first-order chi connectivity index (χ1) is 12.4. The molecule has 0 saturated heterocycles. The van der Waals surface area contributed by atoms with Gasteiger partial charge in [-0.15, -0.1) is 0 Å². The smallest absolute Gasteiger partial charge is 0.357 e. The van der Waals surface area contributed by atoms with E-state index in [4.69, 9.17) is 9.47 Å². The number of aromatic amines is 1. The third-order valence-corrected chi connectivity index (χ3v) is 3.04. The SMILES string of the molecule is CCOC(=O)c1cc2nc(/N=C\N(C)C)[nH]c(=O)c2nc1C(=O)OCC. The lowest BCUT2D eigenvalue weighted by molar-refractivity contribution is 0.0474.